The highest BCUT2D eigenvalue weighted by atomic mass is 32.3. The topological polar surface area (TPSA) is 138 Å². The van der Waals surface area contributed by atoms with Crippen molar-refractivity contribution in [1.29, 1.82) is 0 Å². The Morgan fingerprint density at radius 3 is 2.80 bits per heavy atom. The number of hydrogen-bond donors (Lipinski definition) is 2. The third-order valence-corrected chi connectivity index (χ3v) is 5.29. The molecule has 0 aromatic carbocycles. The normalized spacial score (nSPS) is 30.1. The number of carbonyl (C=O) groups excluding carboxylic acids is 1. The number of hydrogen-bond acceptors (Lipinski definition) is 8. The number of nitrogens with zero attached hydrogens (tertiary/aromatic N) is 4. The van der Waals surface area contributed by atoms with Crippen molar-refractivity contribution in [1.82, 2.24) is 25.5 Å². The first-order chi connectivity index (χ1) is 11.9. The van der Waals surface area contributed by atoms with Crippen molar-refractivity contribution in [3.63, 3.8) is 0 Å². The second kappa shape index (κ2) is 6.20. The van der Waals surface area contributed by atoms with E-state index in [2.05, 4.69) is 19.8 Å². The minimum Gasteiger partial charge on any atom is -0.425 e. The summed E-state index contributed by atoms with van der Waals surface area (Å²) < 4.78 is 41.3. The van der Waals surface area contributed by atoms with Crippen LogP contribution >= 0.6 is 0 Å². The van der Waals surface area contributed by atoms with Gasteiger partial charge in [-0.1, -0.05) is 0 Å². The van der Waals surface area contributed by atoms with Gasteiger partial charge in [0.1, 0.15) is 0 Å². The third-order valence-electron chi connectivity index (χ3n) is 4.94. The molecule has 138 valence electrons. The molecule has 3 aliphatic heterocycles. The minimum absolute atomic E-state index is 0.158. The van der Waals surface area contributed by atoms with Crippen LogP contribution in [-0.4, -0.2) is 71.4 Å². The van der Waals surface area contributed by atoms with Crippen LogP contribution in [0.25, 0.3) is 0 Å². The van der Waals surface area contributed by atoms with Crippen LogP contribution in [0.2, 0.25) is 0 Å². The Labute approximate surface area is 144 Å². The molecule has 2 bridgehead atoms. The van der Waals surface area contributed by atoms with Crippen molar-refractivity contribution in [3.05, 3.63) is 11.8 Å². The highest BCUT2D eigenvalue weighted by Crippen LogP contribution is 2.37. The van der Waals surface area contributed by atoms with E-state index in [9.17, 15) is 13.2 Å². The maximum atomic E-state index is 12.2. The Morgan fingerprint density at radius 2 is 2.08 bits per heavy atom. The van der Waals surface area contributed by atoms with Gasteiger partial charge in [0.05, 0.1) is 12.0 Å². The lowest BCUT2D eigenvalue weighted by Crippen LogP contribution is -2.39. The average molecular weight is 373 g/mol. The molecule has 3 atom stereocenters. The van der Waals surface area contributed by atoms with E-state index in [4.69, 9.17) is 8.97 Å². The summed E-state index contributed by atoms with van der Waals surface area (Å²) in [6.45, 7) is 2.46. The molecule has 3 fully saturated rings. The molecule has 11 nitrogen and oxygen atoms in total. The van der Waals surface area contributed by atoms with Gasteiger partial charge in [0.25, 0.3) is 0 Å². The van der Waals surface area contributed by atoms with E-state index >= 15 is 0 Å². The monoisotopic (exact) mass is 373 g/mol. The lowest BCUT2D eigenvalue weighted by molar-refractivity contribution is -0.0393. The van der Waals surface area contributed by atoms with Gasteiger partial charge in [0.2, 0.25) is 11.8 Å². The van der Waals surface area contributed by atoms with Crippen molar-refractivity contribution in [2.75, 3.05) is 26.2 Å². The first-order valence-electron chi connectivity index (χ1n) is 8.21. The molecule has 2 N–H and O–H groups in total. The van der Waals surface area contributed by atoms with Crippen molar-refractivity contribution < 1.29 is 26.5 Å². The molecule has 12 heteroatoms. The molecule has 3 aliphatic rings. The molecule has 3 saturated heterocycles. The van der Waals surface area contributed by atoms with Crippen molar-refractivity contribution in [2.24, 2.45) is 0 Å². The Hall–Kier alpha value is -1.76. The summed E-state index contributed by atoms with van der Waals surface area (Å²) in [5.74, 6) is 0.729. The summed E-state index contributed by atoms with van der Waals surface area (Å²) in [5.41, 5.74) is 0. The molecule has 0 spiro atoms. The molecule has 0 radical (unpaired) electrons. The summed E-state index contributed by atoms with van der Waals surface area (Å²) in [7, 11) is -4.79. The molecule has 0 saturated carbocycles. The van der Waals surface area contributed by atoms with Gasteiger partial charge in [0.15, 0.2) is 0 Å². The van der Waals surface area contributed by atoms with Gasteiger partial charge in [-0.2, -0.15) is 13.5 Å². The minimum atomic E-state index is -4.79. The molecular weight excluding hydrogens is 354 g/mol. The predicted molar refractivity (Wildman–Crippen MR) is 81.7 cm³/mol. The standard InChI is InChI=1S/C13H19N5O6S/c19-13-17-5-3-9(10(7-17)18(13)24-25(20,21)22)12-16-15-11(23-12)8-2-1-4-14-6-8/h8-10,14H,1-7H2,(H,20,21,22)/t8-,9-,10+/m1/s1. The zero-order chi connectivity index (χ0) is 17.6. The quantitative estimate of drug-likeness (QED) is 0.691. The summed E-state index contributed by atoms with van der Waals surface area (Å²) in [6.07, 6.45) is 2.55. The molecule has 1 aromatic heterocycles. The van der Waals surface area contributed by atoms with Crippen molar-refractivity contribution >= 4 is 16.4 Å². The van der Waals surface area contributed by atoms with Crippen molar-refractivity contribution in [3.8, 4) is 0 Å². The van der Waals surface area contributed by atoms with Crippen LogP contribution in [0.3, 0.4) is 0 Å². The second-order valence-electron chi connectivity index (χ2n) is 6.54. The van der Waals surface area contributed by atoms with Crippen LogP contribution in [0.4, 0.5) is 4.79 Å². The zero-order valence-electron chi connectivity index (χ0n) is 13.4. The molecule has 0 aliphatic carbocycles. The van der Waals surface area contributed by atoms with E-state index in [1.54, 1.807) is 0 Å². The van der Waals surface area contributed by atoms with Crippen LogP contribution in [0.5, 0.6) is 0 Å². The number of aromatic nitrogens is 2. The number of fused-ring (bicyclic) bond motifs is 2. The van der Waals surface area contributed by atoms with Crippen LogP contribution in [-0.2, 0) is 14.7 Å². The summed E-state index contributed by atoms with van der Waals surface area (Å²) >= 11 is 0. The highest BCUT2D eigenvalue weighted by Gasteiger charge is 2.50. The molecule has 2 amide bonds. The van der Waals surface area contributed by atoms with E-state index in [0.29, 0.717) is 29.8 Å². The fourth-order valence-electron chi connectivity index (χ4n) is 3.72. The van der Waals surface area contributed by atoms with Gasteiger partial charge in [-0.05, 0) is 25.8 Å². The van der Waals surface area contributed by atoms with E-state index in [-0.39, 0.29) is 18.4 Å². The maximum absolute atomic E-state index is 12.2. The molecule has 4 heterocycles. The molecule has 1 aromatic rings. The van der Waals surface area contributed by atoms with Crippen LogP contribution < -0.4 is 5.32 Å². The van der Waals surface area contributed by atoms with Crippen LogP contribution in [0.15, 0.2) is 4.42 Å². The Kier molecular flexibility index (Phi) is 4.14. The van der Waals surface area contributed by atoms with Gasteiger partial charge in [-0.3, -0.25) is 4.55 Å². The lowest BCUT2D eigenvalue weighted by atomic mass is 9.93. The van der Waals surface area contributed by atoms with E-state index in [1.165, 1.54) is 4.90 Å². The van der Waals surface area contributed by atoms with E-state index < -0.39 is 22.5 Å². The maximum Gasteiger partial charge on any atom is 0.418 e. The average Bonchev–Trinajstić information content (AvgIpc) is 3.16. The van der Waals surface area contributed by atoms with E-state index in [0.717, 1.165) is 25.9 Å². The number of piperidine rings is 2. The molecule has 0 unspecified atom stereocenters. The fraction of sp³-hybridized carbons (Fsp3) is 0.769. The molecule has 4 rings (SSSR count). The number of urea groups is 1. The Morgan fingerprint density at radius 1 is 1.28 bits per heavy atom. The number of carbonyl (C=O) groups is 1. The summed E-state index contributed by atoms with van der Waals surface area (Å²) in [6, 6.07) is -1.21. The van der Waals surface area contributed by atoms with Crippen LogP contribution in [0.1, 0.15) is 42.9 Å². The predicted octanol–water partition coefficient (Wildman–Crippen LogP) is -0.135. The largest absolute Gasteiger partial charge is 0.425 e. The first kappa shape index (κ1) is 16.7. The van der Waals surface area contributed by atoms with Crippen molar-refractivity contribution in [2.45, 2.75) is 37.1 Å². The Bertz CT molecular complexity index is 761. The third kappa shape index (κ3) is 3.21. The summed E-state index contributed by atoms with van der Waals surface area (Å²) in [5, 5.41) is 12.2. The van der Waals surface area contributed by atoms with Gasteiger partial charge in [-0.25, -0.2) is 4.79 Å². The zero-order valence-corrected chi connectivity index (χ0v) is 14.2. The molecular formula is C13H19N5O6S. The van der Waals surface area contributed by atoms with Gasteiger partial charge in [0, 0.05) is 25.6 Å². The van der Waals surface area contributed by atoms with Gasteiger partial charge >= 0.3 is 16.4 Å². The smallest absolute Gasteiger partial charge is 0.418 e. The highest BCUT2D eigenvalue weighted by molar-refractivity contribution is 7.80. The number of amides is 2. The number of hydroxylamine groups is 2. The van der Waals surface area contributed by atoms with Crippen LogP contribution in [0, 0.1) is 0 Å². The lowest BCUT2D eigenvalue weighted by Gasteiger charge is -2.27. The number of nitrogens with one attached hydrogen (secondary N) is 1. The number of rotatable bonds is 4. The van der Waals surface area contributed by atoms with Gasteiger partial charge in [-0.15, -0.1) is 14.5 Å². The second-order valence-corrected chi connectivity index (χ2v) is 7.55. The SMILES string of the molecule is O=C1N2CC[C@@H](c3nnc([C@@H]4CCCNC4)o3)[C@H](C2)N1OS(=O)(=O)O. The van der Waals surface area contributed by atoms with E-state index in [1.807, 2.05) is 0 Å². The fourth-order valence-corrected chi connectivity index (χ4v) is 4.10. The Balaban J connectivity index is 1.56. The first-order valence-corrected chi connectivity index (χ1v) is 9.58. The molecule has 25 heavy (non-hydrogen) atoms. The summed E-state index contributed by atoms with van der Waals surface area (Å²) in [4.78, 5) is 13.6. The van der Waals surface area contributed by atoms with Gasteiger partial charge < -0.3 is 14.6 Å².